The number of nitro groups is 1. The van der Waals surface area contributed by atoms with Crippen LogP contribution in [0.25, 0.3) is 0 Å². The van der Waals surface area contributed by atoms with Crippen molar-refractivity contribution in [2.45, 2.75) is 46.2 Å². The highest BCUT2D eigenvalue weighted by molar-refractivity contribution is 7.15. The number of hydrogen-bond donors (Lipinski definition) is 1. The Kier molecular flexibility index (Phi) is 7.72. The molecule has 5 nitrogen and oxygen atoms in total. The van der Waals surface area contributed by atoms with Crippen LogP contribution in [0.4, 0.5) is 5.00 Å². The van der Waals surface area contributed by atoms with Crippen molar-refractivity contribution in [2.24, 2.45) is 0 Å². The van der Waals surface area contributed by atoms with Gasteiger partial charge in [0.25, 0.3) is 0 Å². The summed E-state index contributed by atoms with van der Waals surface area (Å²) in [7, 11) is 0. The maximum absolute atomic E-state index is 10.6. The minimum Gasteiger partial charge on any atom is -0.309 e. The smallest absolute Gasteiger partial charge is 0.309 e. The molecule has 0 aromatic carbocycles. The van der Waals surface area contributed by atoms with Gasteiger partial charge in [-0.15, -0.1) is 0 Å². The molecule has 6 heteroatoms. The molecule has 1 heterocycles. The molecule has 0 saturated carbocycles. The summed E-state index contributed by atoms with van der Waals surface area (Å²) in [5, 5.41) is 14.3. The van der Waals surface area contributed by atoms with Crippen molar-refractivity contribution in [3.63, 3.8) is 0 Å². The molecule has 1 unspecified atom stereocenters. The largest absolute Gasteiger partial charge is 0.324 e. The normalized spacial score (nSPS) is 12.8. The van der Waals surface area contributed by atoms with Crippen LogP contribution in [0.1, 0.15) is 38.5 Å². The third-order valence-corrected chi connectivity index (χ3v) is 4.49. The SMILES string of the molecule is CCN(CC)CCCC(C)NCc1ccc([N+](=O)[O-])s1. The molecule has 0 aliphatic carbocycles. The highest BCUT2D eigenvalue weighted by atomic mass is 32.1. The zero-order valence-electron chi connectivity index (χ0n) is 12.6. The zero-order chi connectivity index (χ0) is 15.0. The van der Waals surface area contributed by atoms with Gasteiger partial charge in [0.1, 0.15) is 0 Å². The van der Waals surface area contributed by atoms with Crippen LogP contribution in [0, 0.1) is 10.1 Å². The van der Waals surface area contributed by atoms with Gasteiger partial charge in [0.05, 0.1) is 4.92 Å². The fourth-order valence-electron chi connectivity index (χ4n) is 2.10. The predicted octanol–water partition coefficient (Wildman–Crippen LogP) is 3.26. The molecule has 0 fully saturated rings. The Hall–Kier alpha value is -0.980. The molecule has 1 rings (SSSR count). The summed E-state index contributed by atoms with van der Waals surface area (Å²) in [5.74, 6) is 0. The van der Waals surface area contributed by atoms with Crippen LogP contribution >= 0.6 is 11.3 Å². The Morgan fingerprint density at radius 3 is 2.65 bits per heavy atom. The Labute approximate surface area is 125 Å². The van der Waals surface area contributed by atoms with Gasteiger partial charge >= 0.3 is 5.00 Å². The second-order valence-electron chi connectivity index (χ2n) is 4.95. The third-order valence-electron chi connectivity index (χ3n) is 3.46. The first-order chi connectivity index (χ1) is 9.56. The fraction of sp³-hybridized carbons (Fsp3) is 0.714. The van der Waals surface area contributed by atoms with Crippen molar-refractivity contribution in [2.75, 3.05) is 19.6 Å². The van der Waals surface area contributed by atoms with Gasteiger partial charge in [-0.25, -0.2) is 0 Å². The number of thiophene rings is 1. The second-order valence-corrected chi connectivity index (χ2v) is 6.09. The summed E-state index contributed by atoms with van der Waals surface area (Å²) < 4.78 is 0. The van der Waals surface area contributed by atoms with Gasteiger partial charge in [-0.1, -0.05) is 25.2 Å². The third kappa shape index (κ3) is 5.98. The van der Waals surface area contributed by atoms with E-state index < -0.39 is 0 Å². The molecule has 0 amide bonds. The first-order valence-corrected chi connectivity index (χ1v) is 8.07. The lowest BCUT2D eigenvalue weighted by molar-refractivity contribution is -0.380. The Morgan fingerprint density at radius 2 is 2.10 bits per heavy atom. The molecule has 20 heavy (non-hydrogen) atoms. The molecule has 0 radical (unpaired) electrons. The van der Waals surface area contributed by atoms with Crippen LogP contribution in [0.15, 0.2) is 12.1 Å². The van der Waals surface area contributed by atoms with Crippen LogP contribution in [0.5, 0.6) is 0 Å². The minimum atomic E-state index is -0.332. The number of hydrogen-bond acceptors (Lipinski definition) is 5. The van der Waals surface area contributed by atoms with Crippen LogP contribution in [-0.2, 0) is 6.54 Å². The van der Waals surface area contributed by atoms with Crippen LogP contribution in [0.2, 0.25) is 0 Å². The van der Waals surface area contributed by atoms with E-state index >= 15 is 0 Å². The highest BCUT2D eigenvalue weighted by Gasteiger charge is 2.10. The summed E-state index contributed by atoms with van der Waals surface area (Å²) in [5.41, 5.74) is 0. The number of nitrogens with one attached hydrogen (secondary N) is 1. The van der Waals surface area contributed by atoms with Crippen molar-refractivity contribution in [1.29, 1.82) is 0 Å². The molecule has 1 aromatic heterocycles. The maximum atomic E-state index is 10.6. The molecule has 1 atom stereocenters. The second kappa shape index (κ2) is 9.05. The van der Waals surface area contributed by atoms with Gasteiger partial charge in [0.2, 0.25) is 0 Å². The van der Waals surface area contributed by atoms with Crippen molar-refractivity contribution >= 4 is 16.3 Å². The lowest BCUT2D eigenvalue weighted by Gasteiger charge is -2.19. The van der Waals surface area contributed by atoms with Crippen LogP contribution in [0.3, 0.4) is 0 Å². The van der Waals surface area contributed by atoms with Crippen molar-refractivity contribution in [1.82, 2.24) is 10.2 Å². The predicted molar refractivity (Wildman–Crippen MR) is 84.3 cm³/mol. The quantitative estimate of drug-likeness (QED) is 0.532. The summed E-state index contributed by atoms with van der Waals surface area (Å²) >= 11 is 1.25. The molecule has 0 bridgehead atoms. The summed E-state index contributed by atoms with van der Waals surface area (Å²) in [6.07, 6.45) is 2.31. The molecule has 0 spiro atoms. The zero-order valence-corrected chi connectivity index (χ0v) is 13.4. The monoisotopic (exact) mass is 299 g/mol. The van der Waals surface area contributed by atoms with E-state index in [0.29, 0.717) is 12.6 Å². The lowest BCUT2D eigenvalue weighted by atomic mass is 10.1. The first kappa shape index (κ1) is 17.1. The summed E-state index contributed by atoms with van der Waals surface area (Å²) in [6, 6.07) is 3.84. The van der Waals surface area contributed by atoms with E-state index in [4.69, 9.17) is 0 Å². The van der Waals surface area contributed by atoms with Crippen molar-refractivity contribution in [3.8, 4) is 0 Å². The topological polar surface area (TPSA) is 58.4 Å². The van der Waals surface area contributed by atoms with Gasteiger partial charge in [0.15, 0.2) is 0 Å². The standard InChI is InChI=1S/C14H25N3O2S/c1-4-16(5-2)10-6-7-12(3)15-11-13-8-9-14(20-13)17(18)19/h8-9,12,15H,4-7,10-11H2,1-3H3. The Morgan fingerprint density at radius 1 is 1.40 bits per heavy atom. The molecule has 1 N–H and O–H groups in total. The molecule has 0 aliphatic rings. The maximum Gasteiger partial charge on any atom is 0.324 e. The Balaban J connectivity index is 2.22. The van der Waals surface area contributed by atoms with Crippen LogP contribution in [-0.4, -0.2) is 35.5 Å². The number of rotatable bonds is 10. The van der Waals surface area contributed by atoms with Gasteiger partial charge in [-0.2, -0.15) is 0 Å². The minimum absolute atomic E-state index is 0.219. The summed E-state index contributed by atoms with van der Waals surface area (Å²) in [4.78, 5) is 13.7. The van der Waals surface area contributed by atoms with Gasteiger partial charge < -0.3 is 10.2 Å². The van der Waals surface area contributed by atoms with Crippen LogP contribution < -0.4 is 5.32 Å². The van der Waals surface area contributed by atoms with E-state index in [1.807, 2.05) is 6.07 Å². The van der Waals surface area contributed by atoms with Crippen molar-refractivity contribution in [3.05, 3.63) is 27.1 Å². The average molecular weight is 299 g/mol. The average Bonchev–Trinajstić information content (AvgIpc) is 2.90. The molecule has 0 saturated heterocycles. The van der Waals surface area contributed by atoms with E-state index in [1.165, 1.54) is 17.8 Å². The molecular weight excluding hydrogens is 274 g/mol. The number of nitrogens with zero attached hydrogens (tertiary/aromatic N) is 2. The van der Waals surface area contributed by atoms with Gasteiger partial charge in [0, 0.05) is 23.5 Å². The van der Waals surface area contributed by atoms with Gasteiger partial charge in [-0.05, 0) is 45.5 Å². The lowest BCUT2D eigenvalue weighted by Crippen LogP contribution is -2.28. The highest BCUT2D eigenvalue weighted by Crippen LogP contribution is 2.23. The van der Waals surface area contributed by atoms with E-state index in [2.05, 4.69) is 31.0 Å². The molecule has 114 valence electrons. The first-order valence-electron chi connectivity index (χ1n) is 7.25. The van der Waals surface area contributed by atoms with E-state index in [9.17, 15) is 10.1 Å². The summed E-state index contributed by atoms with van der Waals surface area (Å²) in [6.45, 7) is 10.6. The van der Waals surface area contributed by atoms with Crippen molar-refractivity contribution < 1.29 is 4.92 Å². The Bertz CT molecular complexity index is 405. The molecule has 0 aliphatic heterocycles. The van der Waals surface area contributed by atoms with E-state index in [-0.39, 0.29) is 9.92 Å². The van der Waals surface area contributed by atoms with Gasteiger partial charge in [-0.3, -0.25) is 10.1 Å². The van der Waals surface area contributed by atoms with E-state index in [0.717, 1.165) is 30.9 Å². The molecular formula is C14H25N3O2S. The van der Waals surface area contributed by atoms with E-state index in [1.54, 1.807) is 6.07 Å². The molecule has 1 aromatic rings. The fourth-order valence-corrected chi connectivity index (χ4v) is 2.87.